The van der Waals surface area contributed by atoms with Crippen LogP contribution >= 0.6 is 0 Å². The first-order valence-electron chi connectivity index (χ1n) is 7.16. The van der Waals surface area contributed by atoms with Gasteiger partial charge >= 0.3 is 5.97 Å². The Bertz CT molecular complexity index is 401. The molecule has 7 nitrogen and oxygen atoms in total. The lowest BCUT2D eigenvalue weighted by molar-refractivity contribution is -0.141. The molecule has 0 aromatic carbocycles. The minimum Gasteiger partial charge on any atom is -0.481 e. The van der Waals surface area contributed by atoms with Gasteiger partial charge in [-0.3, -0.25) is 19.3 Å². The van der Waals surface area contributed by atoms with E-state index in [0.29, 0.717) is 32.7 Å². The van der Waals surface area contributed by atoms with Crippen LogP contribution in [0.4, 0.5) is 0 Å². The molecule has 0 aromatic heterocycles. The van der Waals surface area contributed by atoms with Crippen LogP contribution in [0.3, 0.4) is 0 Å². The van der Waals surface area contributed by atoms with Crippen LogP contribution in [0, 0.1) is 5.41 Å². The molecule has 0 atom stereocenters. The number of carboxylic acid groups (broad SMARTS) is 1. The highest BCUT2D eigenvalue weighted by Gasteiger charge is 2.29. The number of carbonyl (C=O) groups excluding carboxylic acids is 2. The number of hydrogen-bond acceptors (Lipinski definition) is 4. The Morgan fingerprint density at radius 3 is 2.14 bits per heavy atom. The Balaban J connectivity index is 2.41. The van der Waals surface area contributed by atoms with E-state index < -0.39 is 11.4 Å². The summed E-state index contributed by atoms with van der Waals surface area (Å²) in [5.41, 5.74) is -0.540. The highest BCUT2D eigenvalue weighted by Crippen LogP contribution is 2.26. The Labute approximate surface area is 125 Å². The minimum absolute atomic E-state index is 0.0131. The predicted octanol–water partition coefficient (Wildman–Crippen LogP) is -0.232. The van der Waals surface area contributed by atoms with Crippen LogP contribution in [0.1, 0.15) is 26.7 Å². The van der Waals surface area contributed by atoms with Crippen molar-refractivity contribution < 1.29 is 19.5 Å². The first kappa shape index (κ1) is 17.4. The normalized spacial score (nSPS) is 16.6. The maximum Gasteiger partial charge on any atom is 0.303 e. The van der Waals surface area contributed by atoms with Gasteiger partial charge in [0.2, 0.25) is 11.8 Å². The Morgan fingerprint density at radius 2 is 1.67 bits per heavy atom. The van der Waals surface area contributed by atoms with Crippen LogP contribution in [-0.4, -0.2) is 72.5 Å². The number of carboxylic acids is 1. The van der Waals surface area contributed by atoms with E-state index in [1.165, 1.54) is 0 Å². The lowest BCUT2D eigenvalue weighted by Crippen LogP contribution is -2.51. The number of rotatable bonds is 6. The van der Waals surface area contributed by atoms with Crippen molar-refractivity contribution in [3.63, 3.8) is 0 Å². The first-order chi connectivity index (χ1) is 9.73. The molecule has 1 saturated heterocycles. The van der Waals surface area contributed by atoms with Crippen LogP contribution < -0.4 is 5.32 Å². The number of aliphatic carboxylic acids is 1. The molecule has 0 bridgehead atoms. The van der Waals surface area contributed by atoms with Gasteiger partial charge in [0.05, 0.1) is 13.0 Å². The standard InChI is InChI=1S/C14H25N3O4/c1-14(2,9-13(20)21)8-12(19)17-6-4-16(5-7-17)10-11(18)15-3/h4-10H2,1-3H3,(H,15,18)(H,20,21). The number of likely N-dealkylation sites (N-methyl/N-ethyl adjacent to an activating group) is 1. The molecule has 7 heteroatoms. The zero-order valence-corrected chi connectivity index (χ0v) is 13.0. The van der Waals surface area contributed by atoms with E-state index >= 15 is 0 Å². The van der Waals surface area contributed by atoms with E-state index in [0.717, 1.165) is 0 Å². The summed E-state index contributed by atoms with van der Waals surface area (Å²) in [6.07, 6.45) is 0.212. The summed E-state index contributed by atoms with van der Waals surface area (Å²) in [5.74, 6) is -0.929. The van der Waals surface area contributed by atoms with Crippen LogP contribution in [0.15, 0.2) is 0 Å². The maximum absolute atomic E-state index is 12.2. The van der Waals surface area contributed by atoms with E-state index in [2.05, 4.69) is 5.32 Å². The molecule has 1 aliphatic rings. The van der Waals surface area contributed by atoms with Gasteiger partial charge in [-0.05, 0) is 5.41 Å². The summed E-state index contributed by atoms with van der Waals surface area (Å²) in [5, 5.41) is 11.4. The summed E-state index contributed by atoms with van der Waals surface area (Å²) in [6, 6.07) is 0. The smallest absolute Gasteiger partial charge is 0.303 e. The lowest BCUT2D eigenvalue weighted by atomic mass is 9.85. The second-order valence-corrected chi connectivity index (χ2v) is 6.24. The zero-order chi connectivity index (χ0) is 16.0. The van der Waals surface area contributed by atoms with E-state index in [9.17, 15) is 14.4 Å². The molecule has 120 valence electrons. The molecule has 21 heavy (non-hydrogen) atoms. The van der Waals surface area contributed by atoms with Crippen LogP contribution in [-0.2, 0) is 14.4 Å². The van der Waals surface area contributed by atoms with Crippen LogP contribution in [0.25, 0.3) is 0 Å². The number of amides is 2. The quantitative estimate of drug-likeness (QED) is 0.707. The second-order valence-electron chi connectivity index (χ2n) is 6.24. The molecule has 1 heterocycles. The van der Waals surface area contributed by atoms with Gasteiger partial charge in [0.15, 0.2) is 0 Å². The fourth-order valence-corrected chi connectivity index (χ4v) is 2.43. The molecule has 0 radical (unpaired) electrons. The molecule has 0 aromatic rings. The fraction of sp³-hybridized carbons (Fsp3) is 0.786. The molecule has 1 aliphatic heterocycles. The van der Waals surface area contributed by atoms with Crippen molar-refractivity contribution in [2.45, 2.75) is 26.7 Å². The fourth-order valence-electron chi connectivity index (χ4n) is 2.43. The van der Waals surface area contributed by atoms with Crippen LogP contribution in [0.2, 0.25) is 0 Å². The summed E-state index contributed by atoms with van der Waals surface area (Å²) < 4.78 is 0. The topological polar surface area (TPSA) is 90.0 Å². The highest BCUT2D eigenvalue weighted by molar-refractivity contribution is 5.79. The van der Waals surface area contributed by atoms with Gasteiger partial charge in [-0.15, -0.1) is 0 Å². The second kappa shape index (κ2) is 7.40. The monoisotopic (exact) mass is 299 g/mol. The number of nitrogens with one attached hydrogen (secondary N) is 1. The number of carbonyl (C=O) groups is 3. The zero-order valence-electron chi connectivity index (χ0n) is 13.0. The maximum atomic E-state index is 12.2. The molecule has 2 amide bonds. The molecule has 1 rings (SSSR count). The number of nitrogens with zero attached hydrogens (tertiary/aromatic N) is 2. The molecular formula is C14H25N3O4. The Kier molecular flexibility index (Phi) is 6.14. The van der Waals surface area contributed by atoms with Gasteiger partial charge in [-0.2, -0.15) is 0 Å². The van der Waals surface area contributed by atoms with E-state index in [4.69, 9.17) is 5.11 Å². The Morgan fingerprint density at radius 1 is 1.10 bits per heavy atom. The highest BCUT2D eigenvalue weighted by atomic mass is 16.4. The van der Waals surface area contributed by atoms with E-state index in [1.807, 2.05) is 4.90 Å². The van der Waals surface area contributed by atoms with Gasteiger partial charge in [-0.25, -0.2) is 0 Å². The number of hydrogen-bond donors (Lipinski definition) is 2. The molecule has 1 fully saturated rings. The average molecular weight is 299 g/mol. The molecule has 0 saturated carbocycles. The van der Waals surface area contributed by atoms with Gasteiger partial charge in [0, 0.05) is 39.6 Å². The molecule has 0 unspecified atom stereocenters. The summed E-state index contributed by atoms with van der Waals surface area (Å²) in [6.45, 7) is 6.43. The van der Waals surface area contributed by atoms with Gasteiger partial charge in [0.1, 0.15) is 0 Å². The summed E-state index contributed by atoms with van der Waals surface area (Å²) >= 11 is 0. The van der Waals surface area contributed by atoms with Crippen molar-refractivity contribution in [1.82, 2.24) is 15.1 Å². The van der Waals surface area contributed by atoms with Crippen LogP contribution in [0.5, 0.6) is 0 Å². The van der Waals surface area contributed by atoms with Gasteiger partial charge in [-0.1, -0.05) is 13.8 Å². The third-order valence-electron chi connectivity index (χ3n) is 3.63. The van der Waals surface area contributed by atoms with Gasteiger partial charge < -0.3 is 15.3 Å². The van der Waals surface area contributed by atoms with Crippen molar-refractivity contribution in [1.29, 1.82) is 0 Å². The predicted molar refractivity (Wildman–Crippen MR) is 77.7 cm³/mol. The minimum atomic E-state index is -0.886. The summed E-state index contributed by atoms with van der Waals surface area (Å²) in [7, 11) is 1.60. The van der Waals surface area contributed by atoms with Crippen molar-refractivity contribution >= 4 is 17.8 Å². The van der Waals surface area contributed by atoms with Crippen molar-refractivity contribution in [2.75, 3.05) is 39.8 Å². The lowest BCUT2D eigenvalue weighted by Gasteiger charge is -2.35. The average Bonchev–Trinajstić information content (AvgIpc) is 2.37. The Hall–Kier alpha value is -1.63. The van der Waals surface area contributed by atoms with Crippen molar-refractivity contribution in [3.05, 3.63) is 0 Å². The van der Waals surface area contributed by atoms with Crippen molar-refractivity contribution in [3.8, 4) is 0 Å². The van der Waals surface area contributed by atoms with Crippen molar-refractivity contribution in [2.24, 2.45) is 5.41 Å². The third-order valence-corrected chi connectivity index (χ3v) is 3.63. The van der Waals surface area contributed by atoms with E-state index in [-0.39, 0.29) is 24.7 Å². The largest absolute Gasteiger partial charge is 0.481 e. The molecular weight excluding hydrogens is 274 g/mol. The summed E-state index contributed by atoms with van der Waals surface area (Å²) in [4.78, 5) is 38.0. The third kappa shape index (κ3) is 6.12. The number of piperazine rings is 1. The molecule has 2 N–H and O–H groups in total. The first-order valence-corrected chi connectivity index (χ1v) is 7.16. The molecule has 0 aliphatic carbocycles. The van der Waals surface area contributed by atoms with Gasteiger partial charge in [0.25, 0.3) is 0 Å². The molecule has 0 spiro atoms. The van der Waals surface area contributed by atoms with E-state index in [1.54, 1.807) is 25.8 Å². The SMILES string of the molecule is CNC(=O)CN1CCN(C(=O)CC(C)(C)CC(=O)O)CC1.